The second-order valence-electron chi connectivity index (χ2n) is 5.80. The van der Waals surface area contributed by atoms with Gasteiger partial charge in [0.1, 0.15) is 17.5 Å². The van der Waals surface area contributed by atoms with Gasteiger partial charge in [-0.3, -0.25) is 4.98 Å². The van der Waals surface area contributed by atoms with Crippen LogP contribution in [0.4, 0.5) is 5.82 Å². The Morgan fingerprint density at radius 2 is 2.09 bits per heavy atom. The van der Waals surface area contributed by atoms with Gasteiger partial charge in [-0.2, -0.15) is 0 Å². The van der Waals surface area contributed by atoms with Crippen molar-refractivity contribution in [2.75, 3.05) is 11.9 Å². The van der Waals surface area contributed by atoms with E-state index in [0.717, 1.165) is 54.4 Å². The number of fused-ring (bicyclic) bond motifs is 2. The van der Waals surface area contributed by atoms with Gasteiger partial charge in [-0.15, -0.1) is 10.2 Å². The smallest absolute Gasteiger partial charge is 0.145 e. The van der Waals surface area contributed by atoms with E-state index < -0.39 is 0 Å². The number of hydrogen-bond donors (Lipinski definition) is 1. The number of nitrogens with zero attached hydrogens (tertiary/aromatic N) is 5. The highest BCUT2D eigenvalue weighted by Crippen LogP contribution is 2.20. The maximum Gasteiger partial charge on any atom is 0.145 e. The summed E-state index contributed by atoms with van der Waals surface area (Å²) in [6.45, 7) is 3.88. The third-order valence-corrected chi connectivity index (χ3v) is 4.25. The van der Waals surface area contributed by atoms with Crippen LogP contribution < -0.4 is 5.32 Å². The van der Waals surface area contributed by atoms with Gasteiger partial charge in [-0.05, 0) is 31.4 Å². The Kier molecular flexibility index (Phi) is 3.21. The zero-order valence-corrected chi connectivity index (χ0v) is 12.5. The summed E-state index contributed by atoms with van der Waals surface area (Å²) >= 11 is 0. The minimum Gasteiger partial charge on any atom is -0.368 e. The Bertz CT molecular complexity index is 809. The van der Waals surface area contributed by atoms with Crippen LogP contribution in [0.5, 0.6) is 0 Å². The molecule has 1 aromatic carbocycles. The number of aryl methyl sites for hydroxylation is 2. The first-order chi connectivity index (χ1) is 10.8. The molecule has 0 saturated heterocycles. The zero-order chi connectivity index (χ0) is 14.9. The molecule has 6 nitrogen and oxygen atoms in total. The molecule has 1 aliphatic rings. The van der Waals surface area contributed by atoms with Crippen LogP contribution in [-0.2, 0) is 13.0 Å². The molecule has 0 unspecified atom stereocenters. The monoisotopic (exact) mass is 294 g/mol. The molecule has 3 aromatic rings. The molecule has 3 heterocycles. The quantitative estimate of drug-likeness (QED) is 0.802. The lowest BCUT2D eigenvalue weighted by atomic mass is 9.99. The van der Waals surface area contributed by atoms with Crippen molar-refractivity contribution in [1.82, 2.24) is 24.7 Å². The summed E-state index contributed by atoms with van der Waals surface area (Å²) in [5.74, 6) is 3.52. The van der Waals surface area contributed by atoms with Crippen molar-refractivity contribution in [3.63, 3.8) is 0 Å². The third kappa shape index (κ3) is 2.41. The van der Waals surface area contributed by atoms with E-state index in [0.29, 0.717) is 5.92 Å². The van der Waals surface area contributed by atoms with Crippen molar-refractivity contribution >= 4 is 16.9 Å². The summed E-state index contributed by atoms with van der Waals surface area (Å²) in [6.07, 6.45) is 3.93. The summed E-state index contributed by atoms with van der Waals surface area (Å²) in [4.78, 5) is 9.04. The zero-order valence-electron chi connectivity index (χ0n) is 12.5. The molecule has 2 aromatic heterocycles. The summed E-state index contributed by atoms with van der Waals surface area (Å²) in [5, 5.41) is 11.8. The van der Waals surface area contributed by atoms with Gasteiger partial charge in [0.05, 0.1) is 17.2 Å². The molecular weight excluding hydrogens is 276 g/mol. The number of anilines is 1. The molecule has 0 amide bonds. The number of aromatic nitrogens is 5. The van der Waals surface area contributed by atoms with E-state index >= 15 is 0 Å². The molecule has 112 valence electrons. The number of para-hydroxylation sites is 2. The molecule has 1 N–H and O–H groups in total. The average Bonchev–Trinajstić information content (AvgIpc) is 2.93. The Morgan fingerprint density at radius 1 is 1.23 bits per heavy atom. The number of nitrogens with one attached hydrogen (secondary N) is 1. The molecule has 1 aliphatic heterocycles. The third-order valence-electron chi connectivity index (χ3n) is 4.25. The van der Waals surface area contributed by atoms with Crippen LogP contribution in [0, 0.1) is 12.8 Å². The molecule has 1 atom stereocenters. The van der Waals surface area contributed by atoms with Crippen LogP contribution in [0.2, 0.25) is 0 Å². The number of benzene rings is 1. The van der Waals surface area contributed by atoms with E-state index in [2.05, 4.69) is 30.0 Å². The van der Waals surface area contributed by atoms with Crippen molar-refractivity contribution in [2.24, 2.45) is 5.92 Å². The topological polar surface area (TPSA) is 68.5 Å². The van der Waals surface area contributed by atoms with Gasteiger partial charge in [0.25, 0.3) is 0 Å². The van der Waals surface area contributed by atoms with Gasteiger partial charge >= 0.3 is 0 Å². The molecule has 0 radical (unpaired) electrons. The Labute approximate surface area is 128 Å². The lowest BCUT2D eigenvalue weighted by Gasteiger charge is -2.24. The van der Waals surface area contributed by atoms with E-state index in [-0.39, 0.29) is 0 Å². The van der Waals surface area contributed by atoms with Gasteiger partial charge in [-0.25, -0.2) is 4.98 Å². The lowest BCUT2D eigenvalue weighted by molar-refractivity contribution is 0.376. The Hall–Kier alpha value is -2.50. The van der Waals surface area contributed by atoms with Crippen molar-refractivity contribution in [3.05, 3.63) is 42.1 Å². The van der Waals surface area contributed by atoms with Crippen molar-refractivity contribution in [2.45, 2.75) is 26.3 Å². The van der Waals surface area contributed by atoms with Crippen LogP contribution in [0.25, 0.3) is 11.0 Å². The molecule has 0 bridgehead atoms. The van der Waals surface area contributed by atoms with E-state index in [9.17, 15) is 0 Å². The van der Waals surface area contributed by atoms with Crippen LogP contribution >= 0.6 is 0 Å². The summed E-state index contributed by atoms with van der Waals surface area (Å²) in [6, 6.07) is 7.92. The van der Waals surface area contributed by atoms with Gasteiger partial charge in [-0.1, -0.05) is 12.1 Å². The van der Waals surface area contributed by atoms with E-state index in [4.69, 9.17) is 0 Å². The predicted octanol–water partition coefficient (Wildman–Crippen LogP) is 2.20. The Morgan fingerprint density at radius 3 is 3.00 bits per heavy atom. The van der Waals surface area contributed by atoms with Gasteiger partial charge < -0.3 is 9.88 Å². The maximum atomic E-state index is 4.61. The number of rotatable bonds is 3. The molecule has 0 spiro atoms. The normalized spacial score (nSPS) is 17.4. The first kappa shape index (κ1) is 13.2. The van der Waals surface area contributed by atoms with Crippen molar-refractivity contribution < 1.29 is 0 Å². The first-order valence-corrected chi connectivity index (χ1v) is 7.64. The van der Waals surface area contributed by atoms with Crippen LogP contribution in [0.3, 0.4) is 0 Å². The highest BCUT2D eigenvalue weighted by Gasteiger charge is 2.21. The van der Waals surface area contributed by atoms with Crippen LogP contribution in [-0.4, -0.2) is 31.3 Å². The van der Waals surface area contributed by atoms with Crippen molar-refractivity contribution in [3.8, 4) is 0 Å². The standard InChI is InChI=1S/C16H18N6/c1-11-20-21-16-7-6-12(10-22(11)16)8-18-15-9-17-13-4-2-3-5-14(13)19-15/h2-5,9,12H,6-8,10H2,1H3,(H,18,19)/t12-/m0/s1. The largest absolute Gasteiger partial charge is 0.368 e. The second-order valence-corrected chi connectivity index (χ2v) is 5.80. The van der Waals surface area contributed by atoms with Crippen LogP contribution in [0.15, 0.2) is 30.5 Å². The van der Waals surface area contributed by atoms with E-state index in [1.54, 1.807) is 6.20 Å². The summed E-state index contributed by atoms with van der Waals surface area (Å²) in [5.41, 5.74) is 1.85. The maximum absolute atomic E-state index is 4.61. The molecule has 6 heteroatoms. The fraction of sp³-hybridized carbons (Fsp3) is 0.375. The molecular formula is C16H18N6. The van der Waals surface area contributed by atoms with Gasteiger partial charge in [0.2, 0.25) is 0 Å². The van der Waals surface area contributed by atoms with Gasteiger partial charge in [0, 0.05) is 19.5 Å². The number of hydrogen-bond acceptors (Lipinski definition) is 5. The summed E-state index contributed by atoms with van der Waals surface area (Å²) in [7, 11) is 0. The van der Waals surface area contributed by atoms with Gasteiger partial charge in [0.15, 0.2) is 0 Å². The lowest BCUT2D eigenvalue weighted by Crippen LogP contribution is -2.27. The molecule has 0 aliphatic carbocycles. The van der Waals surface area contributed by atoms with Crippen LogP contribution in [0.1, 0.15) is 18.1 Å². The highest BCUT2D eigenvalue weighted by atomic mass is 15.3. The molecule has 22 heavy (non-hydrogen) atoms. The Balaban J connectivity index is 1.45. The summed E-state index contributed by atoms with van der Waals surface area (Å²) < 4.78 is 2.22. The fourth-order valence-electron chi connectivity index (χ4n) is 2.99. The fourth-order valence-corrected chi connectivity index (χ4v) is 2.99. The van der Waals surface area contributed by atoms with E-state index in [1.807, 2.05) is 31.2 Å². The van der Waals surface area contributed by atoms with Crippen molar-refractivity contribution in [1.29, 1.82) is 0 Å². The first-order valence-electron chi connectivity index (χ1n) is 7.64. The van der Waals surface area contributed by atoms with E-state index in [1.165, 1.54) is 0 Å². The highest BCUT2D eigenvalue weighted by molar-refractivity contribution is 5.75. The predicted molar refractivity (Wildman–Crippen MR) is 84.6 cm³/mol. The average molecular weight is 294 g/mol. The molecule has 0 saturated carbocycles. The minimum absolute atomic E-state index is 0.565. The molecule has 0 fully saturated rings. The molecule has 4 rings (SSSR count). The second kappa shape index (κ2) is 5.36. The minimum atomic E-state index is 0.565. The SMILES string of the molecule is Cc1nnc2n1C[C@H](CNc1cnc3ccccc3n1)CC2.